The molecule has 0 aliphatic heterocycles. The normalized spacial score (nSPS) is 11.1. The van der Waals surface area contributed by atoms with Crippen molar-refractivity contribution in [2.75, 3.05) is 4.72 Å². The smallest absolute Gasteiger partial charge is 0.262 e. The molecule has 0 spiro atoms. The third-order valence-corrected chi connectivity index (χ3v) is 6.21. The molecule has 3 aromatic rings. The summed E-state index contributed by atoms with van der Waals surface area (Å²) in [6, 6.07) is 19.7. The molecular formula is C23H24N2O3S. The first kappa shape index (κ1) is 20.6. The molecule has 0 bridgehead atoms. The molecule has 2 N–H and O–H groups in total. The Morgan fingerprint density at radius 1 is 0.862 bits per heavy atom. The van der Waals surface area contributed by atoms with E-state index in [-0.39, 0.29) is 10.8 Å². The third kappa shape index (κ3) is 5.03. The minimum Gasteiger partial charge on any atom is -0.348 e. The lowest BCUT2D eigenvalue weighted by Crippen LogP contribution is -2.23. The van der Waals surface area contributed by atoms with Crippen LogP contribution in [0.1, 0.15) is 32.6 Å². The summed E-state index contributed by atoms with van der Waals surface area (Å²) in [5, 5.41) is 2.84. The lowest BCUT2D eigenvalue weighted by Gasteiger charge is -2.13. The van der Waals surface area contributed by atoms with E-state index in [1.165, 1.54) is 6.07 Å². The van der Waals surface area contributed by atoms with Crippen LogP contribution in [-0.4, -0.2) is 14.3 Å². The van der Waals surface area contributed by atoms with Gasteiger partial charge in [-0.3, -0.25) is 9.52 Å². The molecule has 0 radical (unpaired) electrons. The topological polar surface area (TPSA) is 75.3 Å². The number of hydrogen-bond donors (Lipinski definition) is 2. The summed E-state index contributed by atoms with van der Waals surface area (Å²) in [7, 11) is -3.82. The minimum atomic E-state index is -3.82. The third-order valence-electron chi connectivity index (χ3n) is 4.70. The van der Waals surface area contributed by atoms with Gasteiger partial charge in [0.1, 0.15) is 0 Å². The molecule has 3 rings (SSSR count). The summed E-state index contributed by atoms with van der Waals surface area (Å²) < 4.78 is 28.4. The molecule has 0 heterocycles. The van der Waals surface area contributed by atoms with Crippen LogP contribution in [0.25, 0.3) is 0 Å². The number of carbonyl (C=O) groups is 1. The largest absolute Gasteiger partial charge is 0.348 e. The number of sulfonamides is 1. The van der Waals surface area contributed by atoms with Gasteiger partial charge in [-0.05, 0) is 55.7 Å². The SMILES string of the molecule is Cc1ccc(CNC(=O)c2ccc(C)c(S(=O)(=O)Nc3ccccc3C)c2)cc1. The molecule has 29 heavy (non-hydrogen) atoms. The zero-order chi connectivity index (χ0) is 21.0. The van der Waals surface area contributed by atoms with Crippen LogP contribution in [0.4, 0.5) is 5.69 Å². The van der Waals surface area contributed by atoms with Gasteiger partial charge >= 0.3 is 0 Å². The van der Waals surface area contributed by atoms with Gasteiger partial charge in [0.2, 0.25) is 0 Å². The van der Waals surface area contributed by atoms with Crippen LogP contribution in [0.5, 0.6) is 0 Å². The summed E-state index contributed by atoms with van der Waals surface area (Å²) in [4.78, 5) is 12.6. The zero-order valence-electron chi connectivity index (χ0n) is 16.7. The highest BCUT2D eigenvalue weighted by Gasteiger charge is 2.20. The first-order chi connectivity index (χ1) is 13.8. The van der Waals surface area contributed by atoms with Crippen molar-refractivity contribution in [2.45, 2.75) is 32.2 Å². The fourth-order valence-corrected chi connectivity index (χ4v) is 4.31. The predicted octanol–water partition coefficient (Wildman–Crippen LogP) is 4.34. The molecule has 0 aromatic heterocycles. The Balaban J connectivity index is 1.80. The number of carbonyl (C=O) groups excluding carboxylic acids is 1. The summed E-state index contributed by atoms with van der Waals surface area (Å²) in [5.41, 5.74) is 4.33. The van der Waals surface area contributed by atoms with Gasteiger partial charge in [-0.25, -0.2) is 8.42 Å². The standard InChI is InChI=1S/C23H24N2O3S/c1-16-8-11-19(12-9-16)15-24-23(26)20-13-10-18(3)22(14-20)29(27,28)25-21-7-5-4-6-17(21)2/h4-14,25H,15H2,1-3H3,(H,24,26). The number of rotatable bonds is 6. The summed E-state index contributed by atoms with van der Waals surface area (Å²) in [6.07, 6.45) is 0. The number of para-hydroxylation sites is 1. The van der Waals surface area contributed by atoms with Crippen LogP contribution >= 0.6 is 0 Å². The van der Waals surface area contributed by atoms with E-state index in [1.54, 1.807) is 31.2 Å². The van der Waals surface area contributed by atoms with Crippen molar-refractivity contribution in [3.05, 3.63) is 94.5 Å². The molecule has 6 heteroatoms. The molecule has 0 atom stereocenters. The van der Waals surface area contributed by atoms with E-state index in [2.05, 4.69) is 10.0 Å². The average molecular weight is 409 g/mol. The summed E-state index contributed by atoms with van der Waals surface area (Å²) >= 11 is 0. The van der Waals surface area contributed by atoms with E-state index >= 15 is 0 Å². The van der Waals surface area contributed by atoms with Crippen LogP contribution < -0.4 is 10.0 Å². The fraction of sp³-hybridized carbons (Fsp3) is 0.174. The molecule has 0 aliphatic carbocycles. The first-order valence-corrected chi connectivity index (χ1v) is 10.8. The van der Waals surface area contributed by atoms with Gasteiger partial charge in [0, 0.05) is 12.1 Å². The summed E-state index contributed by atoms with van der Waals surface area (Å²) in [5.74, 6) is -0.321. The molecule has 0 fully saturated rings. The molecule has 0 saturated heterocycles. The van der Waals surface area contributed by atoms with Crippen LogP contribution in [-0.2, 0) is 16.6 Å². The van der Waals surface area contributed by atoms with Crippen LogP contribution in [0.15, 0.2) is 71.6 Å². The van der Waals surface area contributed by atoms with Crippen molar-refractivity contribution < 1.29 is 13.2 Å². The van der Waals surface area contributed by atoms with Crippen molar-refractivity contribution in [1.82, 2.24) is 5.32 Å². The van der Waals surface area contributed by atoms with Crippen molar-refractivity contribution in [3.63, 3.8) is 0 Å². The highest BCUT2D eigenvalue weighted by molar-refractivity contribution is 7.92. The van der Waals surface area contributed by atoms with Crippen molar-refractivity contribution >= 4 is 21.6 Å². The highest BCUT2D eigenvalue weighted by Crippen LogP contribution is 2.23. The Hall–Kier alpha value is -3.12. The maximum Gasteiger partial charge on any atom is 0.262 e. The van der Waals surface area contributed by atoms with E-state index in [0.29, 0.717) is 23.4 Å². The monoisotopic (exact) mass is 408 g/mol. The Bertz CT molecular complexity index is 1140. The predicted molar refractivity (Wildman–Crippen MR) is 116 cm³/mol. The average Bonchev–Trinajstić information content (AvgIpc) is 2.69. The number of hydrogen-bond acceptors (Lipinski definition) is 3. The lowest BCUT2D eigenvalue weighted by molar-refractivity contribution is 0.0950. The molecule has 0 aliphatic rings. The number of benzene rings is 3. The first-order valence-electron chi connectivity index (χ1n) is 9.29. The molecule has 150 valence electrons. The lowest BCUT2D eigenvalue weighted by atomic mass is 10.1. The van der Waals surface area contributed by atoms with Crippen molar-refractivity contribution in [2.24, 2.45) is 0 Å². The molecule has 3 aromatic carbocycles. The van der Waals surface area contributed by atoms with E-state index in [9.17, 15) is 13.2 Å². The van der Waals surface area contributed by atoms with E-state index in [0.717, 1.165) is 16.7 Å². The van der Waals surface area contributed by atoms with Gasteiger partial charge in [0.05, 0.1) is 10.6 Å². The number of amides is 1. The molecule has 0 unspecified atom stereocenters. The van der Waals surface area contributed by atoms with Crippen LogP contribution in [0.3, 0.4) is 0 Å². The van der Waals surface area contributed by atoms with Crippen molar-refractivity contribution in [1.29, 1.82) is 0 Å². The molecule has 0 saturated carbocycles. The number of anilines is 1. The second-order valence-corrected chi connectivity index (χ2v) is 8.72. The fourth-order valence-electron chi connectivity index (χ4n) is 2.91. The Kier molecular flexibility index (Phi) is 6.03. The van der Waals surface area contributed by atoms with E-state index < -0.39 is 10.0 Å². The molecule has 5 nitrogen and oxygen atoms in total. The second-order valence-electron chi connectivity index (χ2n) is 7.07. The van der Waals surface area contributed by atoms with E-state index in [1.807, 2.05) is 50.2 Å². The molecular weight excluding hydrogens is 384 g/mol. The maximum atomic E-state index is 12.9. The highest BCUT2D eigenvalue weighted by atomic mass is 32.2. The minimum absolute atomic E-state index is 0.0868. The Morgan fingerprint density at radius 2 is 1.55 bits per heavy atom. The van der Waals surface area contributed by atoms with Gasteiger partial charge < -0.3 is 5.32 Å². The number of nitrogens with one attached hydrogen (secondary N) is 2. The number of aryl methyl sites for hydroxylation is 3. The van der Waals surface area contributed by atoms with Gasteiger partial charge in [-0.2, -0.15) is 0 Å². The van der Waals surface area contributed by atoms with Gasteiger partial charge in [0.15, 0.2) is 0 Å². The summed E-state index contributed by atoms with van der Waals surface area (Å²) in [6.45, 7) is 5.91. The van der Waals surface area contributed by atoms with Gasteiger partial charge in [-0.1, -0.05) is 54.1 Å². The van der Waals surface area contributed by atoms with E-state index in [4.69, 9.17) is 0 Å². The van der Waals surface area contributed by atoms with Crippen molar-refractivity contribution in [3.8, 4) is 0 Å². The Morgan fingerprint density at radius 3 is 2.24 bits per heavy atom. The zero-order valence-corrected chi connectivity index (χ0v) is 17.5. The van der Waals surface area contributed by atoms with Crippen LogP contribution in [0.2, 0.25) is 0 Å². The molecule has 1 amide bonds. The van der Waals surface area contributed by atoms with Gasteiger partial charge in [0.25, 0.3) is 15.9 Å². The Labute approximate surface area is 171 Å². The van der Waals surface area contributed by atoms with Crippen LogP contribution in [0, 0.1) is 20.8 Å². The quantitative estimate of drug-likeness (QED) is 0.637. The van der Waals surface area contributed by atoms with Gasteiger partial charge in [-0.15, -0.1) is 0 Å². The maximum absolute atomic E-state index is 12.9. The second kappa shape index (κ2) is 8.49.